The van der Waals surface area contributed by atoms with E-state index in [4.69, 9.17) is 11.1 Å². The fourth-order valence-corrected chi connectivity index (χ4v) is 2.27. The van der Waals surface area contributed by atoms with E-state index in [0.717, 1.165) is 10.8 Å². The maximum atomic E-state index is 12.3. The fourth-order valence-electron chi connectivity index (χ4n) is 2.27. The van der Waals surface area contributed by atoms with Crippen molar-refractivity contribution >= 4 is 22.3 Å². The van der Waals surface area contributed by atoms with Crippen molar-refractivity contribution in [2.75, 3.05) is 18.5 Å². The number of amidine groups is 1. The number of halogens is 3. The van der Waals surface area contributed by atoms with E-state index in [1.165, 1.54) is 0 Å². The van der Waals surface area contributed by atoms with Crippen LogP contribution in [0.1, 0.15) is 12.0 Å². The zero-order valence-corrected chi connectivity index (χ0v) is 11.5. The third kappa shape index (κ3) is 3.45. The van der Waals surface area contributed by atoms with Gasteiger partial charge in [-0.1, -0.05) is 24.3 Å². The van der Waals surface area contributed by atoms with Crippen LogP contribution >= 0.6 is 0 Å². The van der Waals surface area contributed by atoms with E-state index < -0.39 is 12.6 Å². The second-order valence-corrected chi connectivity index (χ2v) is 4.88. The number of hydrogen-bond donors (Lipinski definition) is 2. The van der Waals surface area contributed by atoms with Crippen molar-refractivity contribution < 1.29 is 13.2 Å². The Morgan fingerprint density at radius 3 is 2.33 bits per heavy atom. The number of nitrogens with one attached hydrogen (secondary N) is 1. The summed E-state index contributed by atoms with van der Waals surface area (Å²) >= 11 is 0. The number of nitrogens with two attached hydrogens (primary N) is 1. The molecular weight excluding hydrogens is 279 g/mol. The molecule has 3 nitrogen and oxygen atoms in total. The highest BCUT2D eigenvalue weighted by atomic mass is 19.4. The van der Waals surface area contributed by atoms with Crippen LogP contribution in [0.25, 0.3) is 10.8 Å². The number of anilines is 1. The molecule has 0 aromatic heterocycles. The Bertz CT molecular complexity index is 665. The summed E-state index contributed by atoms with van der Waals surface area (Å²) in [6.07, 6.45) is -5.05. The average molecular weight is 295 g/mol. The zero-order chi connectivity index (χ0) is 15.6. The Morgan fingerprint density at radius 2 is 1.76 bits per heavy atom. The van der Waals surface area contributed by atoms with Crippen LogP contribution in [0, 0.1) is 5.41 Å². The van der Waals surface area contributed by atoms with Crippen molar-refractivity contribution in [3.63, 3.8) is 0 Å². The molecule has 3 N–H and O–H groups in total. The Hall–Kier alpha value is -2.24. The number of rotatable bonds is 4. The monoisotopic (exact) mass is 295 g/mol. The quantitative estimate of drug-likeness (QED) is 0.670. The molecule has 6 heteroatoms. The van der Waals surface area contributed by atoms with E-state index in [-0.39, 0.29) is 12.4 Å². The van der Waals surface area contributed by atoms with Crippen molar-refractivity contribution in [3.05, 3.63) is 42.0 Å². The van der Waals surface area contributed by atoms with E-state index in [1.54, 1.807) is 24.1 Å². The molecule has 0 aliphatic heterocycles. The van der Waals surface area contributed by atoms with Crippen molar-refractivity contribution in [1.29, 1.82) is 5.41 Å². The molecule has 0 spiro atoms. The molecule has 112 valence electrons. The van der Waals surface area contributed by atoms with Gasteiger partial charge in [0, 0.05) is 30.2 Å². The number of fused-ring (bicyclic) bond motifs is 1. The van der Waals surface area contributed by atoms with Crippen LogP contribution in [0.5, 0.6) is 0 Å². The number of hydrogen-bond acceptors (Lipinski definition) is 2. The summed E-state index contributed by atoms with van der Waals surface area (Å²) in [6, 6.07) is 10.6. The lowest BCUT2D eigenvalue weighted by Gasteiger charge is -2.22. The Morgan fingerprint density at radius 1 is 1.14 bits per heavy atom. The predicted molar refractivity (Wildman–Crippen MR) is 78.9 cm³/mol. The largest absolute Gasteiger partial charge is 0.390 e. The van der Waals surface area contributed by atoms with Crippen LogP contribution < -0.4 is 10.6 Å². The maximum Gasteiger partial charge on any atom is 0.390 e. The zero-order valence-electron chi connectivity index (χ0n) is 11.5. The molecule has 2 aromatic carbocycles. The molecule has 0 bridgehead atoms. The minimum absolute atomic E-state index is 0.0595. The van der Waals surface area contributed by atoms with Gasteiger partial charge in [-0.05, 0) is 17.5 Å². The van der Waals surface area contributed by atoms with E-state index in [2.05, 4.69) is 0 Å². The molecule has 0 aliphatic carbocycles. The van der Waals surface area contributed by atoms with Gasteiger partial charge in [-0.15, -0.1) is 0 Å². The van der Waals surface area contributed by atoms with Gasteiger partial charge in [-0.3, -0.25) is 5.41 Å². The van der Waals surface area contributed by atoms with Crippen LogP contribution in [-0.2, 0) is 0 Å². The molecule has 0 fully saturated rings. The van der Waals surface area contributed by atoms with Gasteiger partial charge in [0.25, 0.3) is 0 Å². The molecule has 0 radical (unpaired) electrons. The normalized spacial score (nSPS) is 11.6. The highest BCUT2D eigenvalue weighted by Gasteiger charge is 2.27. The number of benzene rings is 2. The molecule has 21 heavy (non-hydrogen) atoms. The van der Waals surface area contributed by atoms with Crippen LogP contribution in [0.15, 0.2) is 36.4 Å². The molecule has 0 amide bonds. The van der Waals surface area contributed by atoms with Crippen molar-refractivity contribution in [1.82, 2.24) is 0 Å². The molecule has 0 heterocycles. The standard InChI is InChI=1S/C15H16F3N3/c1-21(9-8-15(16,17)18)13-7-6-12(14(19)20)10-4-2-3-5-11(10)13/h2-7H,8-9H2,1H3,(H3,19,20). The van der Waals surface area contributed by atoms with Crippen molar-refractivity contribution in [3.8, 4) is 0 Å². The smallest absolute Gasteiger partial charge is 0.384 e. The topological polar surface area (TPSA) is 53.1 Å². The lowest BCUT2D eigenvalue weighted by Crippen LogP contribution is -2.24. The Balaban J connectivity index is 2.41. The summed E-state index contributed by atoms with van der Waals surface area (Å²) in [5.41, 5.74) is 6.82. The molecule has 0 atom stereocenters. The molecule has 0 saturated carbocycles. The summed E-state index contributed by atoms with van der Waals surface area (Å²) in [5, 5.41) is 9.13. The van der Waals surface area contributed by atoms with E-state index in [0.29, 0.717) is 11.3 Å². The highest BCUT2D eigenvalue weighted by Crippen LogP contribution is 2.30. The SMILES string of the molecule is CN(CCC(F)(F)F)c1ccc(C(=N)N)c2ccccc12. The minimum atomic E-state index is -4.18. The van der Waals surface area contributed by atoms with Gasteiger partial charge in [0.2, 0.25) is 0 Å². The molecule has 0 aliphatic rings. The number of nitrogens with zero attached hydrogens (tertiary/aromatic N) is 1. The first kappa shape index (κ1) is 15.2. The van der Waals surface area contributed by atoms with E-state index in [1.807, 2.05) is 24.3 Å². The van der Waals surface area contributed by atoms with Gasteiger partial charge in [0.15, 0.2) is 0 Å². The number of nitrogen functional groups attached to an aromatic ring is 1. The third-order valence-corrected chi connectivity index (χ3v) is 3.33. The van der Waals surface area contributed by atoms with Gasteiger partial charge in [-0.25, -0.2) is 0 Å². The van der Waals surface area contributed by atoms with Crippen molar-refractivity contribution in [2.24, 2.45) is 5.73 Å². The first-order chi connectivity index (χ1) is 9.79. The second-order valence-electron chi connectivity index (χ2n) is 4.88. The second kappa shape index (κ2) is 5.63. The summed E-state index contributed by atoms with van der Waals surface area (Å²) in [4.78, 5) is 1.57. The first-order valence-corrected chi connectivity index (χ1v) is 6.43. The van der Waals surface area contributed by atoms with Crippen LogP contribution in [0.4, 0.5) is 18.9 Å². The fraction of sp³-hybridized carbons (Fsp3) is 0.267. The summed E-state index contributed by atoms with van der Waals surface area (Å²) in [7, 11) is 1.63. The van der Waals surface area contributed by atoms with E-state index in [9.17, 15) is 13.2 Å². The van der Waals surface area contributed by atoms with Crippen LogP contribution in [-0.4, -0.2) is 25.6 Å². The summed E-state index contributed by atoms with van der Waals surface area (Å²) < 4.78 is 37.0. The summed E-state index contributed by atoms with van der Waals surface area (Å²) in [5.74, 6) is -0.0595. The van der Waals surface area contributed by atoms with Gasteiger partial charge in [0.1, 0.15) is 5.84 Å². The predicted octanol–water partition coefficient (Wildman–Crippen LogP) is 3.51. The van der Waals surface area contributed by atoms with Crippen LogP contribution in [0.2, 0.25) is 0 Å². The molecule has 0 saturated heterocycles. The average Bonchev–Trinajstić information content (AvgIpc) is 2.42. The third-order valence-electron chi connectivity index (χ3n) is 3.33. The van der Waals surface area contributed by atoms with E-state index >= 15 is 0 Å². The Labute approximate surface area is 120 Å². The molecule has 0 unspecified atom stereocenters. The first-order valence-electron chi connectivity index (χ1n) is 6.43. The molecule has 2 rings (SSSR count). The van der Waals surface area contributed by atoms with Gasteiger partial charge in [0.05, 0.1) is 6.42 Å². The van der Waals surface area contributed by atoms with Crippen molar-refractivity contribution in [2.45, 2.75) is 12.6 Å². The number of alkyl halides is 3. The molecular formula is C15H16F3N3. The summed E-state index contributed by atoms with van der Waals surface area (Å²) in [6.45, 7) is -0.118. The Kier molecular flexibility index (Phi) is 4.06. The molecule has 2 aromatic rings. The van der Waals surface area contributed by atoms with Gasteiger partial charge < -0.3 is 10.6 Å². The van der Waals surface area contributed by atoms with Gasteiger partial charge >= 0.3 is 6.18 Å². The lowest BCUT2D eigenvalue weighted by molar-refractivity contribution is -0.132. The van der Waals surface area contributed by atoms with Gasteiger partial charge in [-0.2, -0.15) is 13.2 Å². The lowest BCUT2D eigenvalue weighted by atomic mass is 10.0. The minimum Gasteiger partial charge on any atom is -0.384 e. The highest BCUT2D eigenvalue weighted by molar-refractivity contribution is 6.10. The maximum absolute atomic E-state index is 12.3. The van der Waals surface area contributed by atoms with Crippen LogP contribution in [0.3, 0.4) is 0 Å².